The third kappa shape index (κ3) is 2.88. The normalized spacial score (nSPS) is 18.3. The molecule has 1 aliphatic rings. The van der Waals surface area contributed by atoms with Crippen molar-refractivity contribution in [2.75, 3.05) is 19.8 Å². The van der Waals surface area contributed by atoms with Crippen LogP contribution in [0.3, 0.4) is 0 Å². The van der Waals surface area contributed by atoms with Crippen molar-refractivity contribution >= 4 is 5.78 Å². The summed E-state index contributed by atoms with van der Waals surface area (Å²) in [5.74, 6) is 0.807. The summed E-state index contributed by atoms with van der Waals surface area (Å²) >= 11 is 0. The molecule has 0 amide bonds. The second-order valence-electron chi connectivity index (χ2n) is 4.42. The number of hydrogen-bond acceptors (Lipinski definition) is 4. The SMILES string of the molecule is CC(=O)c1ccc(C#N)cc1OCC1CCOC1. The van der Waals surface area contributed by atoms with Crippen LogP contribution in [0.4, 0.5) is 0 Å². The standard InChI is InChI=1S/C14H15NO3/c1-10(16)13-3-2-11(7-15)6-14(13)18-9-12-4-5-17-8-12/h2-3,6,12H,4-5,8-9H2,1H3. The summed E-state index contributed by atoms with van der Waals surface area (Å²) in [6.07, 6.45) is 0.980. The number of ether oxygens (including phenoxy) is 2. The van der Waals surface area contributed by atoms with Gasteiger partial charge in [-0.05, 0) is 31.5 Å². The Hall–Kier alpha value is -1.86. The van der Waals surface area contributed by atoms with Crippen LogP contribution in [0.15, 0.2) is 18.2 Å². The summed E-state index contributed by atoms with van der Waals surface area (Å²) < 4.78 is 10.9. The topological polar surface area (TPSA) is 59.3 Å². The lowest BCUT2D eigenvalue weighted by Crippen LogP contribution is -2.13. The van der Waals surface area contributed by atoms with E-state index in [1.54, 1.807) is 18.2 Å². The number of rotatable bonds is 4. The first-order chi connectivity index (χ1) is 8.70. The third-order valence-electron chi connectivity index (χ3n) is 2.99. The van der Waals surface area contributed by atoms with Crippen molar-refractivity contribution in [3.8, 4) is 11.8 Å². The van der Waals surface area contributed by atoms with Gasteiger partial charge in [-0.3, -0.25) is 4.79 Å². The van der Waals surface area contributed by atoms with Gasteiger partial charge in [0.1, 0.15) is 5.75 Å². The number of carbonyl (C=O) groups excluding carboxylic acids is 1. The van der Waals surface area contributed by atoms with Gasteiger partial charge in [-0.25, -0.2) is 0 Å². The highest BCUT2D eigenvalue weighted by molar-refractivity contribution is 5.97. The fourth-order valence-corrected chi connectivity index (χ4v) is 1.92. The Labute approximate surface area is 106 Å². The molecule has 0 N–H and O–H groups in total. The zero-order valence-electron chi connectivity index (χ0n) is 10.3. The van der Waals surface area contributed by atoms with Crippen LogP contribution in [0, 0.1) is 17.2 Å². The predicted molar refractivity (Wildman–Crippen MR) is 65.6 cm³/mol. The molecule has 4 heteroatoms. The van der Waals surface area contributed by atoms with Crippen molar-refractivity contribution < 1.29 is 14.3 Å². The Bertz CT molecular complexity index is 484. The molecule has 1 unspecified atom stereocenters. The first-order valence-corrected chi connectivity index (χ1v) is 5.96. The minimum atomic E-state index is -0.0582. The van der Waals surface area contributed by atoms with E-state index in [9.17, 15) is 4.79 Å². The van der Waals surface area contributed by atoms with Gasteiger partial charge in [0.2, 0.25) is 0 Å². The first kappa shape index (κ1) is 12.6. The minimum absolute atomic E-state index is 0.0582. The molecule has 1 aliphatic heterocycles. The Kier molecular flexibility index (Phi) is 3.96. The van der Waals surface area contributed by atoms with Crippen LogP contribution >= 0.6 is 0 Å². The highest BCUT2D eigenvalue weighted by Gasteiger charge is 2.17. The molecular weight excluding hydrogens is 230 g/mol. The number of nitriles is 1. The third-order valence-corrected chi connectivity index (χ3v) is 2.99. The van der Waals surface area contributed by atoms with Crippen LogP contribution in [-0.4, -0.2) is 25.6 Å². The molecule has 0 aromatic heterocycles. The van der Waals surface area contributed by atoms with E-state index in [1.165, 1.54) is 6.92 Å². The molecule has 0 spiro atoms. The van der Waals surface area contributed by atoms with Crippen molar-refractivity contribution in [1.29, 1.82) is 5.26 Å². The Morgan fingerprint density at radius 2 is 2.44 bits per heavy atom. The van der Waals surface area contributed by atoms with Crippen molar-refractivity contribution in [2.24, 2.45) is 5.92 Å². The van der Waals surface area contributed by atoms with Gasteiger partial charge in [0.15, 0.2) is 5.78 Å². The number of ketones is 1. The smallest absolute Gasteiger partial charge is 0.163 e. The first-order valence-electron chi connectivity index (χ1n) is 5.96. The second-order valence-corrected chi connectivity index (χ2v) is 4.42. The number of benzene rings is 1. The van der Waals surface area contributed by atoms with Crippen LogP contribution in [0.25, 0.3) is 0 Å². The highest BCUT2D eigenvalue weighted by Crippen LogP contribution is 2.23. The molecule has 18 heavy (non-hydrogen) atoms. The zero-order valence-corrected chi connectivity index (χ0v) is 10.3. The molecule has 1 saturated heterocycles. The molecule has 4 nitrogen and oxygen atoms in total. The van der Waals surface area contributed by atoms with Crippen molar-refractivity contribution in [3.05, 3.63) is 29.3 Å². The van der Waals surface area contributed by atoms with E-state index in [0.717, 1.165) is 13.0 Å². The van der Waals surface area contributed by atoms with Gasteiger partial charge in [0, 0.05) is 12.5 Å². The van der Waals surface area contributed by atoms with E-state index in [1.807, 2.05) is 6.07 Å². The molecule has 0 radical (unpaired) electrons. The number of carbonyl (C=O) groups is 1. The van der Waals surface area contributed by atoms with Crippen molar-refractivity contribution in [2.45, 2.75) is 13.3 Å². The summed E-state index contributed by atoms with van der Waals surface area (Å²) in [5, 5.41) is 8.86. The quantitative estimate of drug-likeness (QED) is 0.763. The minimum Gasteiger partial charge on any atom is -0.492 e. The highest BCUT2D eigenvalue weighted by atomic mass is 16.5. The maximum Gasteiger partial charge on any atom is 0.163 e. The molecular formula is C14H15NO3. The van der Waals surface area contributed by atoms with Crippen molar-refractivity contribution in [3.63, 3.8) is 0 Å². The van der Waals surface area contributed by atoms with Crippen LogP contribution in [0.1, 0.15) is 29.3 Å². The van der Waals surface area contributed by atoms with Gasteiger partial charge in [0.05, 0.1) is 30.4 Å². The van der Waals surface area contributed by atoms with Gasteiger partial charge in [-0.15, -0.1) is 0 Å². The lowest BCUT2D eigenvalue weighted by molar-refractivity contribution is 0.101. The maximum absolute atomic E-state index is 11.5. The van der Waals surface area contributed by atoms with Gasteiger partial charge in [0.25, 0.3) is 0 Å². The lowest BCUT2D eigenvalue weighted by Gasteiger charge is -2.13. The number of Topliss-reactive ketones (excluding diaryl/α,β-unsaturated/α-hetero) is 1. The second kappa shape index (κ2) is 5.65. The Morgan fingerprint density at radius 1 is 1.61 bits per heavy atom. The largest absolute Gasteiger partial charge is 0.492 e. The fraction of sp³-hybridized carbons (Fsp3) is 0.429. The summed E-state index contributed by atoms with van der Waals surface area (Å²) in [4.78, 5) is 11.5. The number of hydrogen-bond donors (Lipinski definition) is 0. The molecule has 0 bridgehead atoms. The monoisotopic (exact) mass is 245 g/mol. The summed E-state index contributed by atoms with van der Waals surface area (Å²) in [5.41, 5.74) is 1.02. The molecule has 1 aromatic carbocycles. The van der Waals surface area contributed by atoms with E-state index >= 15 is 0 Å². The molecule has 1 atom stereocenters. The van der Waals surface area contributed by atoms with Crippen LogP contribution in [0.5, 0.6) is 5.75 Å². The van der Waals surface area contributed by atoms with E-state index in [0.29, 0.717) is 36.0 Å². The van der Waals surface area contributed by atoms with E-state index in [-0.39, 0.29) is 5.78 Å². The predicted octanol–water partition coefficient (Wildman–Crippen LogP) is 2.18. The molecule has 1 aromatic rings. The number of nitrogens with zero attached hydrogens (tertiary/aromatic N) is 1. The van der Waals surface area contributed by atoms with Crippen LogP contribution in [-0.2, 0) is 4.74 Å². The van der Waals surface area contributed by atoms with Crippen molar-refractivity contribution in [1.82, 2.24) is 0 Å². The maximum atomic E-state index is 11.5. The molecule has 0 aliphatic carbocycles. The molecule has 94 valence electrons. The van der Waals surface area contributed by atoms with Crippen LogP contribution in [0.2, 0.25) is 0 Å². The molecule has 0 saturated carbocycles. The molecule has 1 fully saturated rings. The molecule has 1 heterocycles. The Morgan fingerprint density at radius 3 is 3.06 bits per heavy atom. The summed E-state index contributed by atoms with van der Waals surface area (Å²) in [6.45, 7) is 3.49. The van der Waals surface area contributed by atoms with E-state index in [2.05, 4.69) is 0 Å². The Balaban J connectivity index is 2.13. The molecule has 2 rings (SSSR count). The average molecular weight is 245 g/mol. The van der Waals surface area contributed by atoms with Gasteiger partial charge < -0.3 is 9.47 Å². The van der Waals surface area contributed by atoms with Gasteiger partial charge in [-0.1, -0.05) is 0 Å². The summed E-state index contributed by atoms with van der Waals surface area (Å²) in [7, 11) is 0. The lowest BCUT2D eigenvalue weighted by atomic mass is 10.1. The summed E-state index contributed by atoms with van der Waals surface area (Å²) in [6, 6.07) is 6.93. The van der Waals surface area contributed by atoms with Crippen LogP contribution < -0.4 is 4.74 Å². The van der Waals surface area contributed by atoms with Gasteiger partial charge >= 0.3 is 0 Å². The average Bonchev–Trinajstić information content (AvgIpc) is 2.88. The zero-order chi connectivity index (χ0) is 13.0. The fourth-order valence-electron chi connectivity index (χ4n) is 1.92. The van der Waals surface area contributed by atoms with E-state index in [4.69, 9.17) is 14.7 Å². The van der Waals surface area contributed by atoms with Gasteiger partial charge in [-0.2, -0.15) is 5.26 Å². The van der Waals surface area contributed by atoms with E-state index < -0.39 is 0 Å².